The van der Waals surface area contributed by atoms with Crippen LogP contribution >= 0.6 is 0 Å². The molecule has 0 bridgehead atoms. The second kappa shape index (κ2) is 16.1. The van der Waals surface area contributed by atoms with E-state index >= 15 is 0 Å². The van der Waals surface area contributed by atoms with Crippen LogP contribution in [0.3, 0.4) is 0 Å². The van der Waals surface area contributed by atoms with Gasteiger partial charge in [-0.25, -0.2) is 0 Å². The molecule has 0 saturated heterocycles. The molecule has 0 aliphatic carbocycles. The lowest BCUT2D eigenvalue weighted by Gasteiger charge is -1.99. The molecule has 0 aliphatic heterocycles. The van der Waals surface area contributed by atoms with Crippen molar-refractivity contribution in [1.29, 1.82) is 0 Å². The maximum Gasteiger partial charge on any atom is 0.306 e. The summed E-state index contributed by atoms with van der Waals surface area (Å²) in [5.41, 5.74) is 0. The Kier molecular flexibility index (Phi) is 15.3. The molecule has 2 nitrogen and oxygen atoms in total. The Morgan fingerprint density at radius 3 is 2.05 bits per heavy atom. The molecule has 116 valence electrons. The minimum atomic E-state index is -0.117. The van der Waals surface area contributed by atoms with Gasteiger partial charge in [-0.15, -0.1) is 0 Å². The Hall–Kier alpha value is -0.970. The number of unbranched alkanes of at least 4 members (excludes halogenated alkanes) is 9. The molecule has 0 saturated carbocycles. The predicted octanol–water partition coefficient (Wildman–Crippen LogP) is 5.25. The normalized spacial score (nSPS) is 9.90. The number of hydrogen-bond acceptors (Lipinski definition) is 2. The van der Waals surface area contributed by atoms with E-state index < -0.39 is 0 Å². The highest BCUT2D eigenvalue weighted by atomic mass is 16.5. The molecular formula is C18H32O2. The largest absolute Gasteiger partial charge is 0.452 e. The number of rotatable bonds is 12. The van der Waals surface area contributed by atoms with Gasteiger partial charge in [0.15, 0.2) is 6.61 Å². The molecule has 0 aromatic carbocycles. The van der Waals surface area contributed by atoms with Crippen molar-refractivity contribution in [2.24, 2.45) is 0 Å². The molecule has 2 heteroatoms. The molecule has 0 radical (unpaired) electrons. The van der Waals surface area contributed by atoms with E-state index in [1.807, 2.05) is 0 Å². The Labute approximate surface area is 125 Å². The van der Waals surface area contributed by atoms with E-state index in [4.69, 9.17) is 4.74 Å². The van der Waals surface area contributed by atoms with Gasteiger partial charge >= 0.3 is 5.97 Å². The lowest BCUT2D eigenvalue weighted by molar-refractivity contribution is -0.142. The zero-order valence-electron chi connectivity index (χ0n) is 13.5. The zero-order valence-corrected chi connectivity index (χ0v) is 13.5. The van der Waals surface area contributed by atoms with Crippen LogP contribution in [0.15, 0.2) is 0 Å². The van der Waals surface area contributed by atoms with Crippen LogP contribution < -0.4 is 0 Å². The third-order valence-corrected chi connectivity index (χ3v) is 3.32. The van der Waals surface area contributed by atoms with Crippen LogP contribution in [-0.4, -0.2) is 12.6 Å². The van der Waals surface area contributed by atoms with Gasteiger partial charge in [-0.05, 0) is 12.8 Å². The SMILES string of the molecule is CCCCCCCCCCC#CCOC(=O)CCCC. The second-order valence-corrected chi connectivity index (χ2v) is 5.34. The summed E-state index contributed by atoms with van der Waals surface area (Å²) in [5.74, 6) is 5.88. The minimum absolute atomic E-state index is 0.117. The topological polar surface area (TPSA) is 26.3 Å². The first-order valence-electron chi connectivity index (χ1n) is 8.42. The Bertz CT molecular complexity index is 273. The number of carbonyl (C=O) groups excluding carboxylic acids is 1. The van der Waals surface area contributed by atoms with E-state index in [1.54, 1.807) is 0 Å². The highest BCUT2D eigenvalue weighted by molar-refractivity contribution is 5.69. The Morgan fingerprint density at radius 2 is 1.40 bits per heavy atom. The predicted molar refractivity (Wildman–Crippen MR) is 85.5 cm³/mol. The molecule has 0 amide bonds. The van der Waals surface area contributed by atoms with Crippen molar-refractivity contribution >= 4 is 5.97 Å². The van der Waals surface area contributed by atoms with Gasteiger partial charge in [-0.2, -0.15) is 0 Å². The third-order valence-electron chi connectivity index (χ3n) is 3.32. The monoisotopic (exact) mass is 280 g/mol. The number of ether oxygens (including phenoxy) is 1. The number of hydrogen-bond donors (Lipinski definition) is 0. The molecule has 0 atom stereocenters. The average molecular weight is 280 g/mol. The summed E-state index contributed by atoms with van der Waals surface area (Å²) in [6, 6.07) is 0. The van der Waals surface area contributed by atoms with Gasteiger partial charge in [0.2, 0.25) is 0 Å². The molecule has 0 fully saturated rings. The Morgan fingerprint density at radius 1 is 0.800 bits per heavy atom. The fourth-order valence-electron chi connectivity index (χ4n) is 2.00. The van der Waals surface area contributed by atoms with Crippen LogP contribution in [0.25, 0.3) is 0 Å². The number of carbonyl (C=O) groups is 1. The first kappa shape index (κ1) is 19.0. The quantitative estimate of drug-likeness (QED) is 0.277. The molecule has 0 N–H and O–H groups in total. The summed E-state index contributed by atoms with van der Waals surface area (Å²) < 4.78 is 5.01. The summed E-state index contributed by atoms with van der Waals surface area (Å²) in [6.07, 6.45) is 14.0. The maximum absolute atomic E-state index is 11.2. The highest BCUT2D eigenvalue weighted by Crippen LogP contribution is 2.09. The summed E-state index contributed by atoms with van der Waals surface area (Å²) in [5, 5.41) is 0. The third kappa shape index (κ3) is 15.1. The molecule has 0 aliphatic rings. The Balaban J connectivity index is 3.22. The summed E-state index contributed by atoms with van der Waals surface area (Å²) in [7, 11) is 0. The van der Waals surface area contributed by atoms with Gasteiger partial charge in [-0.1, -0.05) is 77.1 Å². The molecule has 0 unspecified atom stereocenters. The molecule has 0 aromatic heterocycles. The molecule has 20 heavy (non-hydrogen) atoms. The highest BCUT2D eigenvalue weighted by Gasteiger charge is 1.98. The smallest absolute Gasteiger partial charge is 0.306 e. The van der Waals surface area contributed by atoms with E-state index in [9.17, 15) is 4.79 Å². The van der Waals surface area contributed by atoms with E-state index in [1.165, 1.54) is 51.4 Å². The van der Waals surface area contributed by atoms with Gasteiger partial charge < -0.3 is 4.74 Å². The lowest BCUT2D eigenvalue weighted by Crippen LogP contribution is -2.03. The van der Waals surface area contributed by atoms with Crippen molar-refractivity contribution in [1.82, 2.24) is 0 Å². The van der Waals surface area contributed by atoms with Gasteiger partial charge in [0, 0.05) is 12.8 Å². The molecule has 0 heterocycles. The van der Waals surface area contributed by atoms with Gasteiger partial charge in [0.05, 0.1) is 0 Å². The van der Waals surface area contributed by atoms with Crippen LogP contribution in [0.2, 0.25) is 0 Å². The maximum atomic E-state index is 11.2. The average Bonchev–Trinajstić information content (AvgIpc) is 2.46. The summed E-state index contributed by atoms with van der Waals surface area (Å²) in [4.78, 5) is 11.2. The first-order valence-corrected chi connectivity index (χ1v) is 8.42. The standard InChI is InChI=1S/C18H32O2/c1-3-5-7-8-9-10-11-12-13-14-15-17-20-18(19)16-6-4-2/h3-13,16-17H2,1-2H3. The zero-order chi connectivity index (χ0) is 14.9. The van der Waals surface area contributed by atoms with Gasteiger partial charge in [0.1, 0.15) is 0 Å². The number of esters is 1. The summed E-state index contributed by atoms with van der Waals surface area (Å²) >= 11 is 0. The van der Waals surface area contributed by atoms with Crippen LogP contribution in [0.4, 0.5) is 0 Å². The summed E-state index contributed by atoms with van der Waals surface area (Å²) in [6.45, 7) is 4.58. The van der Waals surface area contributed by atoms with E-state index in [-0.39, 0.29) is 12.6 Å². The van der Waals surface area contributed by atoms with E-state index in [0.717, 1.165) is 19.3 Å². The molecule has 0 rings (SSSR count). The van der Waals surface area contributed by atoms with Crippen molar-refractivity contribution < 1.29 is 9.53 Å². The second-order valence-electron chi connectivity index (χ2n) is 5.34. The lowest BCUT2D eigenvalue weighted by atomic mass is 10.1. The van der Waals surface area contributed by atoms with Crippen molar-refractivity contribution in [2.45, 2.75) is 90.9 Å². The molecule has 0 spiro atoms. The van der Waals surface area contributed by atoms with Crippen molar-refractivity contribution in [2.75, 3.05) is 6.61 Å². The van der Waals surface area contributed by atoms with Crippen molar-refractivity contribution in [3.05, 3.63) is 0 Å². The van der Waals surface area contributed by atoms with Crippen LogP contribution in [0.5, 0.6) is 0 Å². The molecular weight excluding hydrogens is 248 g/mol. The molecule has 0 aromatic rings. The van der Waals surface area contributed by atoms with Crippen LogP contribution in [-0.2, 0) is 9.53 Å². The fourth-order valence-corrected chi connectivity index (χ4v) is 2.00. The van der Waals surface area contributed by atoms with Gasteiger partial charge in [0.25, 0.3) is 0 Å². The minimum Gasteiger partial charge on any atom is -0.452 e. The fraction of sp³-hybridized carbons (Fsp3) is 0.833. The van der Waals surface area contributed by atoms with E-state index in [0.29, 0.717) is 6.42 Å². The first-order chi connectivity index (χ1) is 9.81. The van der Waals surface area contributed by atoms with Crippen molar-refractivity contribution in [3.8, 4) is 11.8 Å². The van der Waals surface area contributed by atoms with E-state index in [2.05, 4.69) is 25.7 Å². The van der Waals surface area contributed by atoms with Gasteiger partial charge in [-0.3, -0.25) is 4.79 Å². The van der Waals surface area contributed by atoms with Crippen LogP contribution in [0.1, 0.15) is 90.9 Å². The van der Waals surface area contributed by atoms with Crippen LogP contribution in [0, 0.1) is 11.8 Å². The van der Waals surface area contributed by atoms with Crippen molar-refractivity contribution in [3.63, 3.8) is 0 Å².